The molecular weight excluding hydrogens is 262 g/mol. The molecule has 1 heterocycles. The van der Waals surface area contributed by atoms with Crippen molar-refractivity contribution in [1.29, 1.82) is 0 Å². The Morgan fingerprint density at radius 3 is 2.86 bits per heavy atom. The quantitative estimate of drug-likeness (QED) is 0.845. The van der Waals surface area contributed by atoms with Crippen molar-refractivity contribution in [3.63, 3.8) is 0 Å². The molecule has 1 aliphatic heterocycles. The Kier molecular flexibility index (Phi) is 6.21. The van der Waals surface area contributed by atoms with Gasteiger partial charge in [-0.25, -0.2) is 0 Å². The van der Waals surface area contributed by atoms with Gasteiger partial charge in [0.05, 0.1) is 5.92 Å². The third-order valence-corrected chi connectivity index (χ3v) is 4.16. The van der Waals surface area contributed by atoms with Crippen LogP contribution in [-0.2, 0) is 11.3 Å². The maximum absolute atomic E-state index is 12.3. The van der Waals surface area contributed by atoms with Crippen molar-refractivity contribution in [3.8, 4) is 0 Å². The molecule has 1 amide bonds. The van der Waals surface area contributed by atoms with Gasteiger partial charge in [-0.1, -0.05) is 26.0 Å². The average Bonchev–Trinajstić information content (AvgIpc) is 2.53. The predicted octanol–water partition coefficient (Wildman–Crippen LogP) is 2.47. The molecule has 4 heteroatoms. The fourth-order valence-corrected chi connectivity index (χ4v) is 2.77. The molecule has 116 valence electrons. The van der Waals surface area contributed by atoms with Crippen molar-refractivity contribution in [2.45, 2.75) is 33.2 Å². The van der Waals surface area contributed by atoms with Crippen molar-refractivity contribution in [2.24, 2.45) is 5.92 Å². The van der Waals surface area contributed by atoms with Gasteiger partial charge < -0.3 is 10.6 Å². The maximum Gasteiger partial charge on any atom is 0.228 e. The Balaban J connectivity index is 1.95. The van der Waals surface area contributed by atoms with Crippen LogP contribution in [0.2, 0.25) is 0 Å². The molecule has 1 aliphatic rings. The summed E-state index contributed by atoms with van der Waals surface area (Å²) < 4.78 is 0. The Labute approximate surface area is 127 Å². The Bertz CT molecular complexity index is 451. The monoisotopic (exact) mass is 289 g/mol. The van der Waals surface area contributed by atoms with Gasteiger partial charge in [-0.05, 0) is 50.2 Å². The predicted molar refractivity (Wildman–Crippen MR) is 87.3 cm³/mol. The molecule has 0 aliphatic carbocycles. The molecule has 1 unspecified atom stereocenters. The van der Waals surface area contributed by atoms with E-state index in [0.29, 0.717) is 0 Å². The lowest BCUT2D eigenvalue weighted by Gasteiger charge is -2.22. The smallest absolute Gasteiger partial charge is 0.228 e. The van der Waals surface area contributed by atoms with Crippen molar-refractivity contribution in [2.75, 3.05) is 31.5 Å². The van der Waals surface area contributed by atoms with Gasteiger partial charge in [0.15, 0.2) is 0 Å². The highest BCUT2D eigenvalue weighted by Crippen LogP contribution is 2.16. The van der Waals surface area contributed by atoms with Crippen LogP contribution in [-0.4, -0.2) is 37.0 Å². The normalized spacial score (nSPS) is 18.7. The van der Waals surface area contributed by atoms with Crippen molar-refractivity contribution in [1.82, 2.24) is 10.2 Å². The highest BCUT2D eigenvalue weighted by atomic mass is 16.1. The number of benzene rings is 1. The van der Waals surface area contributed by atoms with Crippen LogP contribution in [0.4, 0.5) is 5.69 Å². The summed E-state index contributed by atoms with van der Waals surface area (Å²) in [5.74, 6) is 0.243. The number of carbonyl (C=O) groups is 1. The first kappa shape index (κ1) is 16.0. The van der Waals surface area contributed by atoms with Crippen LogP contribution < -0.4 is 10.6 Å². The number of anilines is 1. The number of rotatable bonds is 6. The number of piperidine rings is 1. The minimum atomic E-state index is 0.102. The number of nitrogens with zero attached hydrogens (tertiary/aromatic N) is 1. The molecule has 21 heavy (non-hydrogen) atoms. The van der Waals surface area contributed by atoms with Gasteiger partial charge in [-0.2, -0.15) is 0 Å². The van der Waals surface area contributed by atoms with Gasteiger partial charge in [0.25, 0.3) is 0 Å². The summed E-state index contributed by atoms with van der Waals surface area (Å²) >= 11 is 0. The topological polar surface area (TPSA) is 44.4 Å². The molecule has 0 saturated carbocycles. The second-order valence-electron chi connectivity index (χ2n) is 5.69. The van der Waals surface area contributed by atoms with E-state index in [0.717, 1.165) is 51.3 Å². The van der Waals surface area contributed by atoms with E-state index in [-0.39, 0.29) is 11.8 Å². The second-order valence-corrected chi connectivity index (χ2v) is 5.69. The Morgan fingerprint density at radius 2 is 2.19 bits per heavy atom. The van der Waals surface area contributed by atoms with Crippen molar-refractivity contribution < 1.29 is 4.79 Å². The molecule has 4 nitrogen and oxygen atoms in total. The summed E-state index contributed by atoms with van der Waals surface area (Å²) in [4.78, 5) is 14.6. The van der Waals surface area contributed by atoms with Crippen molar-refractivity contribution in [3.05, 3.63) is 29.8 Å². The summed E-state index contributed by atoms with van der Waals surface area (Å²) in [6.45, 7) is 9.19. The fraction of sp³-hybridized carbons (Fsp3) is 0.588. The van der Waals surface area contributed by atoms with Crippen LogP contribution in [0.3, 0.4) is 0 Å². The highest BCUT2D eigenvalue weighted by molar-refractivity contribution is 5.92. The number of hydrogen-bond donors (Lipinski definition) is 2. The van der Waals surface area contributed by atoms with E-state index < -0.39 is 0 Å². The summed E-state index contributed by atoms with van der Waals surface area (Å²) in [5, 5.41) is 6.35. The van der Waals surface area contributed by atoms with E-state index in [1.165, 1.54) is 5.56 Å². The van der Waals surface area contributed by atoms with Gasteiger partial charge in [0.1, 0.15) is 0 Å². The van der Waals surface area contributed by atoms with Gasteiger partial charge >= 0.3 is 0 Å². The lowest BCUT2D eigenvalue weighted by Crippen LogP contribution is -2.37. The van der Waals surface area contributed by atoms with Gasteiger partial charge in [0, 0.05) is 18.8 Å². The lowest BCUT2D eigenvalue weighted by molar-refractivity contribution is -0.120. The molecule has 2 rings (SSSR count). The molecule has 0 radical (unpaired) electrons. The fourth-order valence-electron chi connectivity index (χ4n) is 2.77. The molecule has 1 saturated heterocycles. The Morgan fingerprint density at radius 1 is 1.38 bits per heavy atom. The second kappa shape index (κ2) is 8.15. The first-order valence-electron chi connectivity index (χ1n) is 8.05. The first-order valence-corrected chi connectivity index (χ1v) is 8.05. The highest BCUT2D eigenvalue weighted by Gasteiger charge is 2.20. The first-order chi connectivity index (χ1) is 10.2. The van der Waals surface area contributed by atoms with Crippen LogP contribution in [0.5, 0.6) is 0 Å². The number of hydrogen-bond acceptors (Lipinski definition) is 3. The minimum Gasteiger partial charge on any atom is -0.326 e. The van der Waals surface area contributed by atoms with E-state index in [9.17, 15) is 4.79 Å². The number of nitrogens with one attached hydrogen (secondary N) is 2. The van der Waals surface area contributed by atoms with Crippen molar-refractivity contribution >= 4 is 11.6 Å². The zero-order valence-electron chi connectivity index (χ0n) is 13.2. The summed E-state index contributed by atoms with van der Waals surface area (Å²) in [6, 6.07) is 8.20. The number of carbonyl (C=O) groups excluding carboxylic acids is 1. The van der Waals surface area contributed by atoms with Crippen LogP contribution in [0.1, 0.15) is 32.3 Å². The molecule has 2 N–H and O–H groups in total. The maximum atomic E-state index is 12.3. The molecule has 1 fully saturated rings. The van der Waals surface area contributed by atoms with Crippen LogP contribution in [0.15, 0.2) is 24.3 Å². The van der Waals surface area contributed by atoms with E-state index >= 15 is 0 Å². The zero-order chi connectivity index (χ0) is 15.1. The SMILES string of the molecule is CCN(CC)Cc1cccc(NC(=O)C2CCCNC2)c1. The van der Waals surface area contributed by atoms with Gasteiger partial charge in [-0.3, -0.25) is 9.69 Å². The van der Waals surface area contributed by atoms with Gasteiger partial charge in [-0.15, -0.1) is 0 Å². The minimum absolute atomic E-state index is 0.102. The number of amides is 1. The molecule has 0 bridgehead atoms. The van der Waals surface area contributed by atoms with E-state index in [2.05, 4.69) is 41.5 Å². The van der Waals surface area contributed by atoms with E-state index in [1.807, 2.05) is 12.1 Å². The molecule has 1 aromatic carbocycles. The summed E-state index contributed by atoms with van der Waals surface area (Å²) in [7, 11) is 0. The molecule has 1 aromatic rings. The molecule has 1 atom stereocenters. The lowest BCUT2D eigenvalue weighted by atomic mass is 9.99. The van der Waals surface area contributed by atoms with Crippen LogP contribution in [0.25, 0.3) is 0 Å². The summed E-state index contributed by atoms with van der Waals surface area (Å²) in [6.07, 6.45) is 2.07. The van der Waals surface area contributed by atoms with E-state index in [4.69, 9.17) is 0 Å². The third-order valence-electron chi connectivity index (χ3n) is 4.16. The summed E-state index contributed by atoms with van der Waals surface area (Å²) in [5.41, 5.74) is 2.16. The molecular formula is C17H27N3O. The average molecular weight is 289 g/mol. The zero-order valence-corrected chi connectivity index (χ0v) is 13.2. The Hall–Kier alpha value is -1.39. The van der Waals surface area contributed by atoms with Crippen LogP contribution >= 0.6 is 0 Å². The standard InChI is InChI=1S/C17H27N3O/c1-3-20(4-2)13-14-7-5-9-16(11-14)19-17(21)15-8-6-10-18-12-15/h5,7,9,11,15,18H,3-4,6,8,10,12-13H2,1-2H3,(H,19,21). The molecule has 0 spiro atoms. The third kappa shape index (κ3) is 4.83. The largest absolute Gasteiger partial charge is 0.326 e. The van der Waals surface area contributed by atoms with E-state index in [1.54, 1.807) is 0 Å². The van der Waals surface area contributed by atoms with Gasteiger partial charge in [0.2, 0.25) is 5.91 Å². The molecule has 0 aromatic heterocycles. The van der Waals surface area contributed by atoms with Crippen LogP contribution in [0, 0.1) is 5.92 Å².